The van der Waals surface area contributed by atoms with Gasteiger partial charge >= 0.3 is 0 Å². The predicted octanol–water partition coefficient (Wildman–Crippen LogP) is 16.7. The maximum atomic E-state index is 7.00. The van der Waals surface area contributed by atoms with E-state index >= 15 is 0 Å². The average Bonchev–Trinajstić information content (AvgIpc) is 3.77. The number of nitrogens with zero attached hydrogens (tertiary/aromatic N) is 1. The minimum absolute atomic E-state index is 0.0520. The van der Waals surface area contributed by atoms with Gasteiger partial charge in [0.05, 0.1) is 5.69 Å². The summed E-state index contributed by atoms with van der Waals surface area (Å²) in [6, 6.07) is 64.8. The topological polar surface area (TPSA) is 16.4 Å². The van der Waals surface area contributed by atoms with Crippen LogP contribution in [0.4, 0.5) is 17.1 Å². The number of rotatable bonds is 6. The second-order valence-electron chi connectivity index (χ2n) is 19.2. The van der Waals surface area contributed by atoms with Crippen molar-refractivity contribution in [1.82, 2.24) is 0 Å². The van der Waals surface area contributed by atoms with E-state index in [0.29, 0.717) is 0 Å². The smallest absolute Gasteiger partial charge is 0.143 e. The molecule has 0 unspecified atom stereocenters. The van der Waals surface area contributed by atoms with Gasteiger partial charge in [0.2, 0.25) is 0 Å². The third kappa shape index (κ3) is 5.91. The first-order valence-corrected chi connectivity index (χ1v) is 21.9. The standard InChI is InChI=1S/C59H51NO/c1-57(2)34-35-58(3,4)52-37-54-48(36-51(52)57)46-22-14-21-45(56(46)61-54)44-18-11-13-25-53(44)60(41-30-26-39(27-31-41)38-16-8-7-9-17-38)42-32-28-40(29-33-42)43-20-15-24-50-55(43)47-19-10-12-23-49(47)59(50,5)6/h7-33,36-37H,34-35H2,1-6H3. The van der Waals surface area contributed by atoms with Crippen LogP contribution >= 0.6 is 0 Å². The van der Waals surface area contributed by atoms with Crippen molar-refractivity contribution in [1.29, 1.82) is 0 Å². The molecule has 2 nitrogen and oxygen atoms in total. The van der Waals surface area contributed by atoms with Crippen molar-refractivity contribution in [3.05, 3.63) is 198 Å². The Labute approximate surface area is 360 Å². The Hall–Kier alpha value is -6.64. The molecule has 0 fully saturated rings. The molecule has 298 valence electrons. The number of anilines is 3. The lowest BCUT2D eigenvalue weighted by molar-refractivity contribution is 0.332. The zero-order valence-electron chi connectivity index (χ0n) is 36.0. The Kier molecular flexibility index (Phi) is 8.39. The highest BCUT2D eigenvalue weighted by atomic mass is 16.3. The molecular formula is C59H51NO. The van der Waals surface area contributed by atoms with E-state index in [-0.39, 0.29) is 16.2 Å². The lowest BCUT2D eigenvalue weighted by Gasteiger charge is -2.41. The van der Waals surface area contributed by atoms with Gasteiger partial charge in [0.15, 0.2) is 0 Å². The Morgan fingerprint density at radius 3 is 1.67 bits per heavy atom. The molecule has 11 rings (SSSR count). The molecule has 0 radical (unpaired) electrons. The van der Waals surface area contributed by atoms with Crippen molar-refractivity contribution in [2.75, 3.05) is 4.90 Å². The zero-order valence-corrected chi connectivity index (χ0v) is 36.0. The van der Waals surface area contributed by atoms with Crippen LogP contribution in [0.1, 0.15) is 76.6 Å². The first-order chi connectivity index (χ1) is 29.5. The summed E-state index contributed by atoms with van der Waals surface area (Å²) in [5, 5.41) is 2.36. The van der Waals surface area contributed by atoms with Crippen LogP contribution in [0.25, 0.3) is 66.4 Å². The van der Waals surface area contributed by atoms with Gasteiger partial charge in [0.25, 0.3) is 0 Å². The maximum Gasteiger partial charge on any atom is 0.143 e. The van der Waals surface area contributed by atoms with Gasteiger partial charge in [-0.05, 0) is 122 Å². The molecule has 0 spiro atoms. The minimum atomic E-state index is -0.0520. The second kappa shape index (κ2) is 13.7. The largest absolute Gasteiger partial charge is 0.455 e. The van der Waals surface area contributed by atoms with Gasteiger partial charge in [-0.25, -0.2) is 0 Å². The summed E-state index contributed by atoms with van der Waals surface area (Å²) in [6.07, 6.45) is 2.34. The summed E-state index contributed by atoms with van der Waals surface area (Å²) in [6.45, 7) is 14.3. The molecule has 0 saturated carbocycles. The molecule has 1 aromatic heterocycles. The van der Waals surface area contributed by atoms with Crippen LogP contribution in [0.2, 0.25) is 0 Å². The van der Waals surface area contributed by atoms with Crippen molar-refractivity contribution in [3.63, 3.8) is 0 Å². The third-order valence-corrected chi connectivity index (χ3v) is 14.2. The molecular weight excluding hydrogens is 739 g/mol. The molecule has 0 amide bonds. The minimum Gasteiger partial charge on any atom is -0.455 e. The molecule has 61 heavy (non-hydrogen) atoms. The molecule has 2 heteroatoms. The van der Waals surface area contributed by atoms with E-state index in [4.69, 9.17) is 4.42 Å². The van der Waals surface area contributed by atoms with E-state index in [1.165, 1.54) is 73.9 Å². The summed E-state index contributed by atoms with van der Waals surface area (Å²) in [5.74, 6) is 0. The van der Waals surface area contributed by atoms with E-state index in [1.807, 2.05) is 0 Å². The van der Waals surface area contributed by atoms with Gasteiger partial charge in [-0.1, -0.05) is 175 Å². The zero-order chi connectivity index (χ0) is 41.7. The maximum absolute atomic E-state index is 7.00. The fraction of sp³-hybridized carbons (Fsp3) is 0.186. The molecule has 1 heterocycles. The summed E-state index contributed by atoms with van der Waals surface area (Å²) < 4.78 is 7.00. The molecule has 9 aromatic rings. The SMILES string of the molecule is CC1(C)CCC(C)(C)c2cc3c(cc21)oc1c(-c2ccccc2N(c2ccc(-c4ccccc4)cc2)c2ccc(-c4cccc5c4-c4ccccc4C5(C)C)cc2)cccc13. The van der Waals surface area contributed by atoms with Gasteiger partial charge < -0.3 is 9.32 Å². The normalized spacial score (nSPS) is 15.6. The van der Waals surface area contributed by atoms with Gasteiger partial charge in [-0.3, -0.25) is 0 Å². The molecule has 2 aliphatic rings. The molecule has 0 N–H and O–H groups in total. The summed E-state index contributed by atoms with van der Waals surface area (Å²) in [7, 11) is 0. The van der Waals surface area contributed by atoms with Crippen molar-refractivity contribution in [2.45, 2.75) is 70.6 Å². The second-order valence-corrected chi connectivity index (χ2v) is 19.2. The van der Waals surface area contributed by atoms with Gasteiger partial charge in [0, 0.05) is 38.7 Å². The Morgan fingerprint density at radius 1 is 0.410 bits per heavy atom. The lowest BCUT2D eigenvalue weighted by atomic mass is 9.63. The van der Waals surface area contributed by atoms with Crippen LogP contribution < -0.4 is 4.90 Å². The number of hydrogen-bond acceptors (Lipinski definition) is 2. The monoisotopic (exact) mass is 789 g/mol. The van der Waals surface area contributed by atoms with Gasteiger partial charge in [0.1, 0.15) is 11.2 Å². The number of benzene rings is 8. The summed E-state index contributed by atoms with van der Waals surface area (Å²) in [5.41, 5.74) is 20.7. The summed E-state index contributed by atoms with van der Waals surface area (Å²) >= 11 is 0. The molecule has 0 bridgehead atoms. The van der Waals surface area contributed by atoms with E-state index in [2.05, 4.69) is 222 Å². The Balaban J connectivity index is 1.07. The van der Waals surface area contributed by atoms with Crippen LogP contribution in [0, 0.1) is 0 Å². The van der Waals surface area contributed by atoms with Crippen LogP contribution in [-0.2, 0) is 16.2 Å². The number of fused-ring (bicyclic) bond motifs is 7. The Morgan fingerprint density at radius 2 is 0.951 bits per heavy atom. The highest BCUT2D eigenvalue weighted by molar-refractivity contribution is 6.11. The van der Waals surface area contributed by atoms with Crippen molar-refractivity contribution in [2.24, 2.45) is 0 Å². The number of furan rings is 1. The first kappa shape index (κ1) is 37.4. The molecule has 8 aromatic carbocycles. The first-order valence-electron chi connectivity index (χ1n) is 21.9. The van der Waals surface area contributed by atoms with Gasteiger partial charge in [-0.2, -0.15) is 0 Å². The van der Waals surface area contributed by atoms with E-state index < -0.39 is 0 Å². The third-order valence-electron chi connectivity index (χ3n) is 14.2. The summed E-state index contributed by atoms with van der Waals surface area (Å²) in [4.78, 5) is 2.41. The average molecular weight is 790 g/mol. The van der Waals surface area contributed by atoms with E-state index in [9.17, 15) is 0 Å². The van der Waals surface area contributed by atoms with E-state index in [1.54, 1.807) is 0 Å². The van der Waals surface area contributed by atoms with E-state index in [0.717, 1.165) is 44.7 Å². The highest BCUT2D eigenvalue weighted by Crippen LogP contribution is 2.53. The van der Waals surface area contributed by atoms with Crippen molar-refractivity contribution >= 4 is 39.0 Å². The Bertz CT molecular complexity index is 3140. The van der Waals surface area contributed by atoms with Crippen molar-refractivity contribution < 1.29 is 4.42 Å². The lowest BCUT2D eigenvalue weighted by Crippen LogP contribution is -2.33. The number of para-hydroxylation sites is 2. The molecule has 0 saturated heterocycles. The van der Waals surface area contributed by atoms with Crippen LogP contribution in [-0.4, -0.2) is 0 Å². The van der Waals surface area contributed by atoms with Gasteiger partial charge in [-0.15, -0.1) is 0 Å². The number of hydrogen-bond donors (Lipinski definition) is 0. The fourth-order valence-electron chi connectivity index (χ4n) is 10.6. The molecule has 0 atom stereocenters. The van der Waals surface area contributed by atoms with Crippen LogP contribution in [0.15, 0.2) is 180 Å². The van der Waals surface area contributed by atoms with Crippen LogP contribution in [0.5, 0.6) is 0 Å². The van der Waals surface area contributed by atoms with Crippen molar-refractivity contribution in [3.8, 4) is 44.5 Å². The highest BCUT2D eigenvalue weighted by Gasteiger charge is 2.39. The molecule has 2 aliphatic carbocycles. The fourth-order valence-corrected chi connectivity index (χ4v) is 10.6. The quantitative estimate of drug-likeness (QED) is 0.167. The van der Waals surface area contributed by atoms with Crippen LogP contribution in [0.3, 0.4) is 0 Å². The predicted molar refractivity (Wildman–Crippen MR) is 258 cm³/mol. The molecule has 0 aliphatic heterocycles.